The zero-order valence-electron chi connectivity index (χ0n) is 13.7. The summed E-state index contributed by atoms with van der Waals surface area (Å²) in [6.45, 7) is 13.4. The Morgan fingerprint density at radius 1 is 1.35 bits per heavy atom. The van der Waals surface area contributed by atoms with Crippen molar-refractivity contribution in [2.75, 3.05) is 0 Å². The number of nitrogens with one attached hydrogen (secondary N) is 2. The molecule has 0 fully saturated rings. The van der Waals surface area contributed by atoms with Crippen LogP contribution in [0.2, 0.25) is 5.02 Å². The molecule has 2 rings (SSSR count). The molecule has 0 saturated carbocycles. The Kier molecular flexibility index (Phi) is 4.97. The average Bonchev–Trinajstić information content (AvgIpc) is 2.47. The lowest BCUT2D eigenvalue weighted by Gasteiger charge is -2.30. The monoisotopic (exact) mass is 331 g/mol. The van der Waals surface area contributed by atoms with Gasteiger partial charge in [0.1, 0.15) is 0 Å². The van der Waals surface area contributed by atoms with E-state index in [0.29, 0.717) is 16.4 Å². The van der Waals surface area contributed by atoms with Gasteiger partial charge in [0.05, 0.1) is 23.1 Å². The van der Waals surface area contributed by atoms with Gasteiger partial charge in [0, 0.05) is 21.9 Å². The first kappa shape index (κ1) is 17.3. The van der Waals surface area contributed by atoms with Gasteiger partial charge in [-0.3, -0.25) is 5.43 Å². The second-order valence-corrected chi connectivity index (χ2v) is 6.59. The summed E-state index contributed by atoms with van der Waals surface area (Å²) >= 11 is 5.92. The minimum Gasteiger partial charge on any atom is -0.388 e. The van der Waals surface area contributed by atoms with Crippen molar-refractivity contribution >= 4 is 17.3 Å². The maximum absolute atomic E-state index is 10.1. The summed E-state index contributed by atoms with van der Waals surface area (Å²) in [5, 5.41) is 18.2. The molecule has 1 aliphatic heterocycles. The lowest BCUT2D eigenvalue weighted by atomic mass is 9.98. The second-order valence-electron chi connectivity index (χ2n) is 6.15. The Morgan fingerprint density at radius 3 is 2.52 bits per heavy atom. The number of aliphatic hydroxyl groups is 1. The van der Waals surface area contributed by atoms with Crippen molar-refractivity contribution in [2.24, 2.45) is 5.10 Å². The molecule has 0 bridgehead atoms. The van der Waals surface area contributed by atoms with Gasteiger partial charge in [-0.1, -0.05) is 36.9 Å². The zero-order valence-corrected chi connectivity index (χ0v) is 14.4. The minimum atomic E-state index is -0.861. The molecular formula is C18H22ClN3O. The fourth-order valence-electron chi connectivity index (χ4n) is 2.00. The lowest BCUT2D eigenvalue weighted by molar-refractivity contribution is 0.0483. The van der Waals surface area contributed by atoms with Crippen LogP contribution in [-0.4, -0.2) is 22.5 Å². The Bertz CT molecular complexity index is 681. The highest BCUT2D eigenvalue weighted by molar-refractivity contribution is 6.30. The van der Waals surface area contributed by atoms with Gasteiger partial charge in [0.15, 0.2) is 0 Å². The van der Waals surface area contributed by atoms with Crippen molar-refractivity contribution in [2.45, 2.75) is 32.4 Å². The first-order valence-corrected chi connectivity index (χ1v) is 7.75. The smallest absolute Gasteiger partial charge is 0.0913 e. The molecule has 3 N–H and O–H groups in total. The predicted octanol–water partition coefficient (Wildman–Crippen LogP) is 3.35. The number of hydrogen-bond donors (Lipinski definition) is 3. The molecule has 23 heavy (non-hydrogen) atoms. The summed E-state index contributed by atoms with van der Waals surface area (Å²) in [5.41, 5.74) is 5.92. The van der Waals surface area contributed by atoms with Gasteiger partial charge in [0.2, 0.25) is 0 Å². The van der Waals surface area contributed by atoms with E-state index in [1.165, 1.54) is 0 Å². The molecule has 0 aromatic heterocycles. The highest BCUT2D eigenvalue weighted by atomic mass is 35.5. The van der Waals surface area contributed by atoms with Crippen LogP contribution < -0.4 is 10.7 Å². The van der Waals surface area contributed by atoms with Crippen LogP contribution in [0, 0.1) is 0 Å². The lowest BCUT2D eigenvalue weighted by Crippen LogP contribution is -2.44. The molecule has 1 aliphatic rings. The fraction of sp³-hybridized carbons (Fsp3) is 0.278. The average molecular weight is 332 g/mol. The number of hydrogen-bond acceptors (Lipinski definition) is 4. The van der Waals surface area contributed by atoms with Gasteiger partial charge in [-0.25, -0.2) is 0 Å². The van der Waals surface area contributed by atoms with Gasteiger partial charge in [-0.05, 0) is 39.0 Å². The predicted molar refractivity (Wildman–Crippen MR) is 96.4 cm³/mol. The van der Waals surface area contributed by atoms with Crippen molar-refractivity contribution in [3.8, 4) is 0 Å². The quantitative estimate of drug-likeness (QED) is 0.775. The van der Waals surface area contributed by atoms with Crippen LogP contribution in [0.1, 0.15) is 26.3 Å². The molecule has 1 heterocycles. The molecule has 1 aromatic rings. The van der Waals surface area contributed by atoms with E-state index in [0.717, 1.165) is 16.8 Å². The first-order chi connectivity index (χ1) is 10.7. The van der Waals surface area contributed by atoms with Gasteiger partial charge in [0.25, 0.3) is 0 Å². The van der Waals surface area contributed by atoms with Gasteiger partial charge < -0.3 is 10.4 Å². The molecule has 1 atom stereocenters. The zero-order chi connectivity index (χ0) is 17.2. The van der Waals surface area contributed by atoms with E-state index < -0.39 is 5.60 Å². The number of benzene rings is 1. The third-order valence-corrected chi connectivity index (χ3v) is 4.08. The highest BCUT2D eigenvalue weighted by Crippen LogP contribution is 2.21. The van der Waals surface area contributed by atoms with Crippen molar-refractivity contribution in [3.63, 3.8) is 0 Å². The number of hydrazone groups is 1. The maximum atomic E-state index is 10.1. The molecular weight excluding hydrogens is 310 g/mol. The molecule has 0 aliphatic carbocycles. The van der Waals surface area contributed by atoms with Crippen molar-refractivity contribution < 1.29 is 5.11 Å². The van der Waals surface area contributed by atoms with Crippen molar-refractivity contribution in [3.05, 3.63) is 71.1 Å². The third kappa shape index (κ3) is 4.24. The summed E-state index contributed by atoms with van der Waals surface area (Å²) < 4.78 is 0. The molecule has 122 valence electrons. The van der Waals surface area contributed by atoms with Crippen LogP contribution in [0.5, 0.6) is 0 Å². The van der Waals surface area contributed by atoms with Crippen LogP contribution >= 0.6 is 11.6 Å². The van der Waals surface area contributed by atoms with Crippen molar-refractivity contribution in [1.29, 1.82) is 0 Å². The van der Waals surface area contributed by atoms with Crippen LogP contribution in [0.3, 0.4) is 0 Å². The first-order valence-electron chi connectivity index (χ1n) is 7.37. The molecule has 1 unspecified atom stereocenters. The van der Waals surface area contributed by atoms with E-state index >= 15 is 0 Å². The Hall–Kier alpha value is -2.04. The molecule has 0 radical (unpaired) electrons. The van der Waals surface area contributed by atoms with E-state index in [-0.39, 0.29) is 6.04 Å². The molecule has 1 aromatic carbocycles. The van der Waals surface area contributed by atoms with Crippen LogP contribution in [0.25, 0.3) is 0 Å². The second kappa shape index (κ2) is 6.60. The van der Waals surface area contributed by atoms with Gasteiger partial charge in [-0.2, -0.15) is 5.10 Å². The third-order valence-electron chi connectivity index (χ3n) is 3.83. The molecule has 4 nitrogen and oxygen atoms in total. The van der Waals surface area contributed by atoms with E-state index in [4.69, 9.17) is 11.6 Å². The van der Waals surface area contributed by atoms with E-state index in [1.54, 1.807) is 13.8 Å². The van der Waals surface area contributed by atoms with Gasteiger partial charge in [-0.15, -0.1) is 0 Å². The fourth-order valence-corrected chi connectivity index (χ4v) is 2.12. The van der Waals surface area contributed by atoms with Crippen molar-refractivity contribution in [1.82, 2.24) is 10.7 Å². The summed E-state index contributed by atoms with van der Waals surface area (Å²) in [4.78, 5) is 0. The van der Waals surface area contributed by atoms with E-state index in [9.17, 15) is 5.11 Å². The largest absolute Gasteiger partial charge is 0.388 e. The van der Waals surface area contributed by atoms with Gasteiger partial charge >= 0.3 is 0 Å². The van der Waals surface area contributed by atoms with Crippen LogP contribution in [-0.2, 0) is 0 Å². The molecule has 0 amide bonds. The summed E-state index contributed by atoms with van der Waals surface area (Å²) in [5.74, 6) is 0. The minimum absolute atomic E-state index is 0.165. The Balaban J connectivity index is 2.23. The molecule has 5 heteroatoms. The highest BCUT2D eigenvalue weighted by Gasteiger charge is 2.24. The Labute approximate surface area is 142 Å². The standard InChI is InChI=1S/C18H22ClN3O/c1-11(20-13(3)18(4,5)23)16-10-17(22-21-12(16)2)14-6-8-15(19)9-7-14/h6-10,13,20-21,23H,1-2H2,3-5H3. The SMILES string of the molecule is C=C1NN=C(c2ccc(Cl)cc2)C=C1C(=C)NC(C)C(C)(C)O. The number of halogens is 1. The Morgan fingerprint density at radius 2 is 1.96 bits per heavy atom. The number of nitrogens with zero attached hydrogens (tertiary/aromatic N) is 1. The topological polar surface area (TPSA) is 56.7 Å². The summed E-state index contributed by atoms with van der Waals surface area (Å²) in [6, 6.07) is 7.28. The maximum Gasteiger partial charge on any atom is 0.0913 e. The molecule has 0 saturated heterocycles. The van der Waals surface area contributed by atoms with Crippen LogP contribution in [0.4, 0.5) is 0 Å². The normalized spacial score (nSPS) is 16.1. The number of rotatable bonds is 5. The summed E-state index contributed by atoms with van der Waals surface area (Å²) in [6.07, 6.45) is 1.91. The summed E-state index contributed by atoms with van der Waals surface area (Å²) in [7, 11) is 0. The van der Waals surface area contributed by atoms with Crippen LogP contribution in [0.15, 0.2) is 65.6 Å². The van der Waals surface area contributed by atoms with E-state index in [2.05, 4.69) is 29.0 Å². The van der Waals surface area contributed by atoms with E-state index in [1.807, 2.05) is 37.3 Å². The molecule has 0 spiro atoms. The number of allylic oxidation sites excluding steroid dienone is 1.